The Morgan fingerprint density at radius 2 is 2.00 bits per heavy atom. The first-order valence-electron chi connectivity index (χ1n) is 9.57. The Kier molecular flexibility index (Phi) is 6.78. The van der Waals surface area contributed by atoms with E-state index in [9.17, 15) is 0 Å². The minimum Gasteiger partial charge on any atom is -0.491 e. The van der Waals surface area contributed by atoms with Crippen molar-refractivity contribution in [3.63, 3.8) is 0 Å². The molecule has 140 valence electrons. The molecule has 2 aromatic carbocycles. The van der Waals surface area contributed by atoms with Crippen LogP contribution in [0.4, 0.5) is 5.69 Å². The molecule has 1 saturated heterocycles. The third kappa shape index (κ3) is 5.67. The van der Waals surface area contributed by atoms with Crippen LogP contribution in [0.2, 0.25) is 0 Å². The number of anilines is 1. The third-order valence-electron chi connectivity index (χ3n) is 4.63. The van der Waals surface area contributed by atoms with Crippen LogP contribution < -0.4 is 14.8 Å². The number of nitrogens with one attached hydrogen (secondary N) is 1. The first kappa shape index (κ1) is 18.6. The number of rotatable bonds is 9. The summed E-state index contributed by atoms with van der Waals surface area (Å²) in [4.78, 5) is 0. The maximum absolute atomic E-state index is 5.86. The summed E-state index contributed by atoms with van der Waals surface area (Å²) < 4.78 is 17.3. The molecule has 0 aromatic heterocycles. The van der Waals surface area contributed by atoms with E-state index in [0.717, 1.165) is 49.6 Å². The molecular formula is C22H29NO3. The lowest BCUT2D eigenvalue weighted by Crippen LogP contribution is -2.16. The van der Waals surface area contributed by atoms with Gasteiger partial charge in [0.05, 0.1) is 12.2 Å². The topological polar surface area (TPSA) is 39.7 Å². The molecule has 0 bridgehead atoms. The molecule has 0 aliphatic carbocycles. The predicted molar refractivity (Wildman–Crippen MR) is 105 cm³/mol. The van der Waals surface area contributed by atoms with Crippen LogP contribution in [0.1, 0.15) is 38.7 Å². The van der Waals surface area contributed by atoms with Crippen LogP contribution in [0.25, 0.3) is 0 Å². The van der Waals surface area contributed by atoms with Crippen LogP contribution in [0.3, 0.4) is 0 Å². The van der Waals surface area contributed by atoms with Crippen molar-refractivity contribution in [1.29, 1.82) is 0 Å². The van der Waals surface area contributed by atoms with E-state index in [4.69, 9.17) is 14.2 Å². The van der Waals surface area contributed by atoms with E-state index >= 15 is 0 Å². The highest BCUT2D eigenvalue weighted by Crippen LogP contribution is 2.21. The van der Waals surface area contributed by atoms with E-state index in [1.54, 1.807) is 0 Å². The van der Waals surface area contributed by atoms with Crippen molar-refractivity contribution in [1.82, 2.24) is 0 Å². The first-order valence-corrected chi connectivity index (χ1v) is 9.57. The van der Waals surface area contributed by atoms with Crippen molar-refractivity contribution in [2.75, 3.05) is 18.5 Å². The predicted octanol–water partition coefficient (Wildman–Crippen LogP) is 5.03. The lowest BCUT2D eigenvalue weighted by atomic mass is 10.2. The maximum Gasteiger partial charge on any atom is 0.121 e. The summed E-state index contributed by atoms with van der Waals surface area (Å²) in [5.74, 6) is 1.80. The maximum atomic E-state index is 5.86. The molecule has 4 nitrogen and oxygen atoms in total. The van der Waals surface area contributed by atoms with Crippen LogP contribution >= 0.6 is 0 Å². The lowest BCUT2D eigenvalue weighted by molar-refractivity contribution is 0.0680. The second-order valence-corrected chi connectivity index (χ2v) is 6.81. The number of hydrogen-bond donors (Lipinski definition) is 1. The molecule has 0 radical (unpaired) electrons. The standard InChI is InChI=1S/C22H29NO3/c1-3-17(2)26-20-11-9-18(10-12-20)15-23-19-6-4-7-21(14-19)25-16-22-8-5-13-24-22/h4,6-7,9-12,14,17,22-23H,3,5,8,13,15-16H2,1-2H3/t17-,22+/m0/s1. The highest BCUT2D eigenvalue weighted by molar-refractivity contribution is 5.48. The summed E-state index contributed by atoms with van der Waals surface area (Å²) >= 11 is 0. The van der Waals surface area contributed by atoms with Gasteiger partial charge in [-0.2, -0.15) is 0 Å². The molecular weight excluding hydrogens is 326 g/mol. The minimum absolute atomic E-state index is 0.239. The zero-order valence-electron chi connectivity index (χ0n) is 15.7. The van der Waals surface area contributed by atoms with Gasteiger partial charge in [0, 0.05) is 24.9 Å². The van der Waals surface area contributed by atoms with Gasteiger partial charge in [-0.05, 0) is 56.0 Å². The Labute approximate surface area is 156 Å². The summed E-state index contributed by atoms with van der Waals surface area (Å²) in [6, 6.07) is 16.4. The number of benzene rings is 2. The molecule has 26 heavy (non-hydrogen) atoms. The molecule has 1 aliphatic heterocycles. The number of hydrogen-bond acceptors (Lipinski definition) is 4. The van der Waals surface area contributed by atoms with E-state index in [-0.39, 0.29) is 12.2 Å². The average Bonchev–Trinajstić information content (AvgIpc) is 3.20. The molecule has 0 spiro atoms. The molecule has 0 unspecified atom stereocenters. The van der Waals surface area contributed by atoms with Crippen LogP contribution in [0.15, 0.2) is 48.5 Å². The fourth-order valence-electron chi connectivity index (χ4n) is 2.87. The van der Waals surface area contributed by atoms with E-state index in [0.29, 0.717) is 6.61 Å². The molecule has 1 aliphatic rings. The summed E-state index contributed by atoms with van der Waals surface area (Å²) in [6.07, 6.45) is 3.72. The Hall–Kier alpha value is -2.20. The zero-order chi connectivity index (χ0) is 18.2. The van der Waals surface area contributed by atoms with Crippen LogP contribution in [0.5, 0.6) is 11.5 Å². The Morgan fingerprint density at radius 3 is 2.73 bits per heavy atom. The summed E-state index contributed by atoms with van der Waals surface area (Å²) in [7, 11) is 0. The highest BCUT2D eigenvalue weighted by atomic mass is 16.5. The molecule has 0 saturated carbocycles. The number of ether oxygens (including phenoxy) is 3. The SMILES string of the molecule is CC[C@H](C)Oc1ccc(CNc2cccc(OC[C@H]3CCCO3)c2)cc1. The van der Waals surface area contributed by atoms with E-state index in [2.05, 4.69) is 37.4 Å². The van der Waals surface area contributed by atoms with Crippen molar-refractivity contribution in [2.45, 2.75) is 51.9 Å². The van der Waals surface area contributed by atoms with Crippen molar-refractivity contribution in [2.24, 2.45) is 0 Å². The van der Waals surface area contributed by atoms with Crippen LogP contribution in [0, 0.1) is 0 Å². The molecule has 1 heterocycles. The largest absolute Gasteiger partial charge is 0.491 e. The van der Waals surface area contributed by atoms with Gasteiger partial charge in [0.2, 0.25) is 0 Å². The monoisotopic (exact) mass is 355 g/mol. The van der Waals surface area contributed by atoms with E-state index < -0.39 is 0 Å². The molecule has 0 amide bonds. The first-order chi connectivity index (χ1) is 12.7. The van der Waals surface area contributed by atoms with Crippen molar-refractivity contribution in [3.8, 4) is 11.5 Å². The van der Waals surface area contributed by atoms with Gasteiger partial charge >= 0.3 is 0 Å². The molecule has 4 heteroatoms. The molecule has 2 atom stereocenters. The van der Waals surface area contributed by atoms with Crippen molar-refractivity contribution >= 4 is 5.69 Å². The molecule has 3 rings (SSSR count). The average molecular weight is 355 g/mol. The van der Waals surface area contributed by atoms with Gasteiger partial charge in [-0.3, -0.25) is 0 Å². The Balaban J connectivity index is 1.48. The normalized spacial score (nSPS) is 17.7. The van der Waals surface area contributed by atoms with E-state index in [1.165, 1.54) is 5.56 Å². The van der Waals surface area contributed by atoms with Gasteiger partial charge in [0.15, 0.2) is 0 Å². The second-order valence-electron chi connectivity index (χ2n) is 6.81. The van der Waals surface area contributed by atoms with Crippen LogP contribution in [-0.2, 0) is 11.3 Å². The van der Waals surface area contributed by atoms with Gasteiger partial charge in [-0.25, -0.2) is 0 Å². The summed E-state index contributed by atoms with van der Waals surface area (Å²) in [5.41, 5.74) is 2.27. The van der Waals surface area contributed by atoms with Crippen molar-refractivity contribution in [3.05, 3.63) is 54.1 Å². The van der Waals surface area contributed by atoms with Gasteiger partial charge in [0.1, 0.15) is 18.1 Å². The Bertz CT molecular complexity index is 665. The van der Waals surface area contributed by atoms with Crippen LogP contribution in [-0.4, -0.2) is 25.4 Å². The molecule has 2 aromatic rings. The molecule has 1 N–H and O–H groups in total. The Morgan fingerprint density at radius 1 is 1.15 bits per heavy atom. The lowest BCUT2D eigenvalue weighted by Gasteiger charge is -2.14. The second kappa shape index (κ2) is 9.48. The summed E-state index contributed by atoms with van der Waals surface area (Å²) in [6.45, 7) is 6.46. The van der Waals surface area contributed by atoms with Gasteiger partial charge in [0.25, 0.3) is 0 Å². The third-order valence-corrected chi connectivity index (χ3v) is 4.63. The minimum atomic E-state index is 0.239. The van der Waals surface area contributed by atoms with Gasteiger partial charge in [-0.1, -0.05) is 25.1 Å². The highest BCUT2D eigenvalue weighted by Gasteiger charge is 2.15. The summed E-state index contributed by atoms with van der Waals surface area (Å²) in [5, 5.41) is 3.45. The van der Waals surface area contributed by atoms with Gasteiger partial charge < -0.3 is 19.5 Å². The smallest absolute Gasteiger partial charge is 0.121 e. The quantitative estimate of drug-likeness (QED) is 0.684. The zero-order valence-corrected chi connectivity index (χ0v) is 15.7. The van der Waals surface area contributed by atoms with Crippen molar-refractivity contribution < 1.29 is 14.2 Å². The van der Waals surface area contributed by atoms with E-state index in [1.807, 2.05) is 30.3 Å². The fraction of sp³-hybridized carbons (Fsp3) is 0.455. The fourth-order valence-corrected chi connectivity index (χ4v) is 2.87. The molecule has 1 fully saturated rings. The van der Waals surface area contributed by atoms with Gasteiger partial charge in [-0.15, -0.1) is 0 Å².